The van der Waals surface area contributed by atoms with Gasteiger partial charge in [0.05, 0.1) is 12.1 Å². The number of hydrogen-bond donors (Lipinski definition) is 1. The second-order valence-electron chi connectivity index (χ2n) is 5.20. The number of carbonyl (C=O) groups excluding carboxylic acids is 1. The highest BCUT2D eigenvalue weighted by atomic mass is 16.5. The summed E-state index contributed by atoms with van der Waals surface area (Å²) < 4.78 is 5.26. The summed E-state index contributed by atoms with van der Waals surface area (Å²) in [6.45, 7) is 5.06. The molecule has 1 N–H and O–H groups in total. The van der Waals surface area contributed by atoms with Crippen LogP contribution in [0.3, 0.4) is 0 Å². The molecule has 0 aliphatic carbocycles. The van der Waals surface area contributed by atoms with Crippen LogP contribution in [0, 0.1) is 0 Å². The number of ether oxygens (including phenoxy) is 1. The Labute approximate surface area is 109 Å². The van der Waals surface area contributed by atoms with Crippen LogP contribution < -0.4 is 5.32 Å². The van der Waals surface area contributed by atoms with E-state index in [-0.39, 0.29) is 17.9 Å². The minimum atomic E-state index is -0.0974. The molecule has 2 unspecified atom stereocenters. The lowest BCUT2D eigenvalue weighted by Crippen LogP contribution is -2.30. The maximum atomic E-state index is 12.3. The van der Waals surface area contributed by atoms with Crippen molar-refractivity contribution in [3.05, 3.63) is 35.4 Å². The molecule has 0 amide bonds. The summed E-state index contributed by atoms with van der Waals surface area (Å²) in [5, 5.41) is 3.22. The molecule has 0 aromatic heterocycles. The maximum absolute atomic E-state index is 12.3. The molecule has 0 saturated carbocycles. The number of methoxy groups -OCH3 is 1. The van der Waals surface area contributed by atoms with Crippen molar-refractivity contribution < 1.29 is 9.53 Å². The third-order valence-corrected chi connectivity index (χ3v) is 3.60. The monoisotopic (exact) mass is 247 g/mol. The Hall–Kier alpha value is -1.19. The highest BCUT2D eigenvalue weighted by Crippen LogP contribution is 2.18. The predicted octanol–water partition coefficient (Wildman–Crippen LogP) is 2.37. The first kappa shape index (κ1) is 13.2. The molecule has 0 radical (unpaired) electrons. The topological polar surface area (TPSA) is 38.3 Å². The highest BCUT2D eigenvalue weighted by Gasteiger charge is 2.29. The Kier molecular flexibility index (Phi) is 4.15. The lowest BCUT2D eigenvalue weighted by molar-refractivity contribution is 0.0919. The molecular weight excluding hydrogens is 226 g/mol. The zero-order chi connectivity index (χ0) is 13.1. The number of carbonyl (C=O) groups is 1. The van der Waals surface area contributed by atoms with Crippen LogP contribution in [0.25, 0.3) is 0 Å². The second-order valence-corrected chi connectivity index (χ2v) is 5.20. The van der Waals surface area contributed by atoms with Crippen molar-refractivity contribution >= 4 is 5.78 Å². The van der Waals surface area contributed by atoms with Gasteiger partial charge in [0.25, 0.3) is 0 Å². The van der Waals surface area contributed by atoms with Crippen molar-refractivity contribution in [2.75, 3.05) is 13.7 Å². The van der Waals surface area contributed by atoms with E-state index in [0.717, 1.165) is 18.5 Å². The largest absolute Gasteiger partial charge is 0.380 e. The third kappa shape index (κ3) is 2.79. The van der Waals surface area contributed by atoms with Gasteiger partial charge < -0.3 is 10.1 Å². The molecule has 1 aromatic rings. The van der Waals surface area contributed by atoms with E-state index in [0.29, 0.717) is 5.92 Å². The molecular formula is C15H21NO2. The summed E-state index contributed by atoms with van der Waals surface area (Å²) in [4.78, 5) is 12.3. The number of ketones is 1. The van der Waals surface area contributed by atoms with Gasteiger partial charge in [0.1, 0.15) is 0 Å². The molecule has 1 aromatic carbocycles. The quantitative estimate of drug-likeness (QED) is 0.830. The van der Waals surface area contributed by atoms with Gasteiger partial charge >= 0.3 is 0 Å². The molecule has 18 heavy (non-hydrogen) atoms. The van der Waals surface area contributed by atoms with Crippen molar-refractivity contribution in [2.45, 2.75) is 38.3 Å². The fourth-order valence-electron chi connectivity index (χ4n) is 2.32. The maximum Gasteiger partial charge on any atom is 0.179 e. The molecule has 0 bridgehead atoms. The van der Waals surface area contributed by atoms with E-state index in [9.17, 15) is 4.79 Å². The first-order valence-electron chi connectivity index (χ1n) is 6.52. The van der Waals surface area contributed by atoms with E-state index in [1.807, 2.05) is 24.3 Å². The highest BCUT2D eigenvalue weighted by molar-refractivity contribution is 6.00. The van der Waals surface area contributed by atoms with Crippen LogP contribution in [0.15, 0.2) is 24.3 Å². The van der Waals surface area contributed by atoms with E-state index in [4.69, 9.17) is 4.74 Å². The minimum Gasteiger partial charge on any atom is -0.380 e. The molecule has 1 saturated heterocycles. The van der Waals surface area contributed by atoms with E-state index >= 15 is 0 Å². The Morgan fingerprint density at radius 2 is 2.00 bits per heavy atom. The molecule has 98 valence electrons. The van der Waals surface area contributed by atoms with Crippen LogP contribution >= 0.6 is 0 Å². The summed E-state index contributed by atoms with van der Waals surface area (Å²) in [5.74, 6) is 0.668. The van der Waals surface area contributed by atoms with Gasteiger partial charge in [-0.3, -0.25) is 4.79 Å². The number of hydrogen-bond acceptors (Lipinski definition) is 3. The first-order valence-corrected chi connectivity index (χ1v) is 6.52. The Balaban J connectivity index is 2.05. The van der Waals surface area contributed by atoms with Gasteiger partial charge in [0.2, 0.25) is 0 Å². The lowest BCUT2D eigenvalue weighted by Gasteiger charge is -2.11. The first-order chi connectivity index (χ1) is 8.61. The molecule has 1 heterocycles. The fourth-order valence-corrected chi connectivity index (χ4v) is 2.32. The van der Waals surface area contributed by atoms with Crippen LogP contribution in [-0.2, 0) is 4.74 Å². The molecule has 1 aliphatic heterocycles. The van der Waals surface area contributed by atoms with Crippen molar-refractivity contribution in [2.24, 2.45) is 0 Å². The van der Waals surface area contributed by atoms with E-state index in [1.165, 1.54) is 5.56 Å². The van der Waals surface area contributed by atoms with Crippen LogP contribution in [0.1, 0.15) is 42.1 Å². The Morgan fingerprint density at radius 1 is 1.33 bits per heavy atom. The van der Waals surface area contributed by atoms with Gasteiger partial charge in [-0.25, -0.2) is 0 Å². The number of nitrogens with one attached hydrogen (secondary N) is 1. The van der Waals surface area contributed by atoms with Gasteiger partial charge in [-0.05, 0) is 17.9 Å². The van der Waals surface area contributed by atoms with Crippen molar-refractivity contribution in [3.8, 4) is 0 Å². The van der Waals surface area contributed by atoms with Gasteiger partial charge in [-0.15, -0.1) is 0 Å². The number of rotatable bonds is 4. The Morgan fingerprint density at radius 3 is 2.50 bits per heavy atom. The average molecular weight is 247 g/mol. The van der Waals surface area contributed by atoms with E-state index in [2.05, 4.69) is 19.2 Å². The van der Waals surface area contributed by atoms with Crippen LogP contribution in [0.2, 0.25) is 0 Å². The summed E-state index contributed by atoms with van der Waals surface area (Å²) in [6.07, 6.45) is 0.926. The number of Topliss-reactive ketones (excluding diaryl/α,β-unsaturated/α-hetero) is 1. The molecule has 3 nitrogen and oxygen atoms in total. The Bertz CT molecular complexity index is 411. The SMILES string of the molecule is COC1CNC(C(=O)c2ccc(C(C)C)cc2)C1. The lowest BCUT2D eigenvalue weighted by atomic mass is 9.97. The van der Waals surface area contributed by atoms with Crippen molar-refractivity contribution in [1.82, 2.24) is 5.32 Å². The molecule has 0 spiro atoms. The van der Waals surface area contributed by atoms with Gasteiger partial charge in [-0.1, -0.05) is 38.1 Å². The van der Waals surface area contributed by atoms with Crippen LogP contribution in [0.5, 0.6) is 0 Å². The van der Waals surface area contributed by atoms with Crippen molar-refractivity contribution in [1.29, 1.82) is 0 Å². The fraction of sp³-hybridized carbons (Fsp3) is 0.533. The average Bonchev–Trinajstić information content (AvgIpc) is 2.86. The zero-order valence-electron chi connectivity index (χ0n) is 11.3. The van der Waals surface area contributed by atoms with E-state index < -0.39 is 0 Å². The molecule has 3 heteroatoms. The van der Waals surface area contributed by atoms with Gasteiger partial charge in [0.15, 0.2) is 5.78 Å². The van der Waals surface area contributed by atoms with Crippen LogP contribution in [-0.4, -0.2) is 31.6 Å². The van der Waals surface area contributed by atoms with Gasteiger partial charge in [0, 0.05) is 19.2 Å². The molecule has 1 fully saturated rings. The molecule has 2 rings (SSSR count). The van der Waals surface area contributed by atoms with Crippen molar-refractivity contribution in [3.63, 3.8) is 0 Å². The zero-order valence-corrected chi connectivity index (χ0v) is 11.3. The minimum absolute atomic E-state index is 0.0974. The summed E-state index contributed by atoms with van der Waals surface area (Å²) >= 11 is 0. The molecule has 1 aliphatic rings. The summed E-state index contributed by atoms with van der Waals surface area (Å²) in [6, 6.07) is 7.85. The second kappa shape index (κ2) is 5.63. The molecule has 2 atom stereocenters. The number of benzene rings is 1. The predicted molar refractivity (Wildman–Crippen MR) is 72.1 cm³/mol. The summed E-state index contributed by atoms with van der Waals surface area (Å²) in [7, 11) is 1.69. The smallest absolute Gasteiger partial charge is 0.179 e. The van der Waals surface area contributed by atoms with Crippen LogP contribution in [0.4, 0.5) is 0 Å². The van der Waals surface area contributed by atoms with Gasteiger partial charge in [-0.2, -0.15) is 0 Å². The van der Waals surface area contributed by atoms with E-state index in [1.54, 1.807) is 7.11 Å². The summed E-state index contributed by atoms with van der Waals surface area (Å²) in [5.41, 5.74) is 2.05. The third-order valence-electron chi connectivity index (χ3n) is 3.60. The normalized spacial score (nSPS) is 23.6. The standard InChI is InChI=1S/C15H21NO2/c1-10(2)11-4-6-12(7-5-11)15(17)14-8-13(18-3)9-16-14/h4-7,10,13-14,16H,8-9H2,1-3H3.